The normalized spacial score (nSPS) is 12.5. The van der Waals surface area contributed by atoms with Gasteiger partial charge in [-0.25, -0.2) is 0 Å². The maximum absolute atomic E-state index is 11.1. The zero-order chi connectivity index (χ0) is 18.1. The van der Waals surface area contributed by atoms with E-state index < -0.39 is 24.6 Å². The number of hydrogen-bond donors (Lipinski definition) is 3. The molecular weight excluding hydrogens is 304 g/mol. The van der Waals surface area contributed by atoms with Gasteiger partial charge in [0.15, 0.2) is 0 Å². The molecule has 0 radical (unpaired) electrons. The summed E-state index contributed by atoms with van der Waals surface area (Å²) in [7, 11) is 0. The summed E-state index contributed by atoms with van der Waals surface area (Å²) in [4.78, 5) is 11.1. The molecule has 0 amide bonds. The van der Waals surface area contributed by atoms with Gasteiger partial charge in [0.2, 0.25) is 0 Å². The van der Waals surface area contributed by atoms with Gasteiger partial charge in [-0.3, -0.25) is 4.79 Å². The lowest BCUT2D eigenvalue weighted by Crippen LogP contribution is -2.38. The molecule has 24 heavy (non-hydrogen) atoms. The van der Waals surface area contributed by atoms with E-state index in [0.29, 0.717) is 6.42 Å². The number of aliphatic hydroxyl groups is 2. The van der Waals surface area contributed by atoms with Gasteiger partial charge in [0.25, 0.3) is 0 Å². The number of aliphatic hydroxyl groups excluding tert-OH is 2. The molecule has 0 fully saturated rings. The largest absolute Gasteiger partial charge is 0.481 e. The molecule has 0 spiro atoms. The fourth-order valence-electron chi connectivity index (χ4n) is 2.55. The molecule has 0 aliphatic carbocycles. The molecule has 0 heterocycles. The van der Waals surface area contributed by atoms with Crippen molar-refractivity contribution in [3.8, 4) is 0 Å². The van der Waals surface area contributed by atoms with Crippen LogP contribution in [-0.4, -0.2) is 34.5 Å². The maximum atomic E-state index is 11.1. The van der Waals surface area contributed by atoms with E-state index in [1.807, 2.05) is 0 Å². The summed E-state index contributed by atoms with van der Waals surface area (Å²) in [5.74, 6) is -1.11. The van der Waals surface area contributed by atoms with E-state index in [4.69, 9.17) is 5.11 Å². The monoisotopic (exact) mass is 340 g/mol. The lowest BCUT2D eigenvalue weighted by molar-refractivity contribution is -0.155. The first kappa shape index (κ1) is 22.9. The Bertz CT molecular complexity index is 357. The first-order valence-corrected chi connectivity index (χ1v) is 9.38. The number of carboxylic acid groups (broad SMARTS) is 1. The second kappa shape index (κ2) is 15.4. The molecule has 140 valence electrons. The fourth-order valence-corrected chi connectivity index (χ4v) is 2.55. The molecule has 0 aromatic carbocycles. The summed E-state index contributed by atoms with van der Waals surface area (Å²) in [6.45, 7) is 1.20. The SMILES string of the molecule is CCCCCC=CCC=CCCCCCCC(CO)(CO)C(=O)O. The zero-order valence-electron chi connectivity index (χ0n) is 15.3. The van der Waals surface area contributed by atoms with Gasteiger partial charge < -0.3 is 15.3 Å². The number of carboxylic acids is 1. The Kier molecular flexibility index (Phi) is 14.7. The summed E-state index contributed by atoms with van der Waals surface area (Å²) in [5, 5.41) is 27.5. The second-order valence-electron chi connectivity index (χ2n) is 6.53. The third-order valence-electron chi connectivity index (χ3n) is 4.41. The molecule has 0 aliphatic heterocycles. The van der Waals surface area contributed by atoms with Gasteiger partial charge in [0.1, 0.15) is 5.41 Å². The van der Waals surface area contributed by atoms with Crippen molar-refractivity contribution in [3.63, 3.8) is 0 Å². The number of carbonyl (C=O) groups is 1. The van der Waals surface area contributed by atoms with Crippen molar-refractivity contribution >= 4 is 5.97 Å². The first-order valence-electron chi connectivity index (χ1n) is 9.38. The molecule has 0 atom stereocenters. The van der Waals surface area contributed by atoms with Crippen molar-refractivity contribution in [3.05, 3.63) is 24.3 Å². The molecule has 0 aromatic heterocycles. The minimum Gasteiger partial charge on any atom is -0.481 e. The van der Waals surface area contributed by atoms with Crippen LogP contribution >= 0.6 is 0 Å². The summed E-state index contributed by atoms with van der Waals surface area (Å²) in [6, 6.07) is 0. The van der Waals surface area contributed by atoms with Crippen molar-refractivity contribution in [1.29, 1.82) is 0 Å². The third kappa shape index (κ3) is 10.6. The highest BCUT2D eigenvalue weighted by molar-refractivity contribution is 5.74. The van der Waals surface area contributed by atoms with Gasteiger partial charge in [0.05, 0.1) is 13.2 Å². The summed E-state index contributed by atoms with van der Waals surface area (Å²) >= 11 is 0. The second-order valence-corrected chi connectivity index (χ2v) is 6.53. The van der Waals surface area contributed by atoms with Gasteiger partial charge in [0, 0.05) is 0 Å². The quantitative estimate of drug-likeness (QED) is 0.286. The van der Waals surface area contributed by atoms with E-state index in [-0.39, 0.29) is 0 Å². The molecule has 3 N–H and O–H groups in total. The van der Waals surface area contributed by atoms with Gasteiger partial charge in [-0.05, 0) is 38.5 Å². The highest BCUT2D eigenvalue weighted by atomic mass is 16.4. The Morgan fingerprint density at radius 2 is 1.38 bits per heavy atom. The molecule has 0 rings (SSSR count). The molecule has 0 saturated heterocycles. The van der Waals surface area contributed by atoms with E-state index >= 15 is 0 Å². The number of unbranched alkanes of at least 4 members (excludes halogenated alkanes) is 7. The molecule has 0 aromatic rings. The van der Waals surface area contributed by atoms with Crippen LogP contribution in [0.5, 0.6) is 0 Å². The van der Waals surface area contributed by atoms with E-state index in [9.17, 15) is 15.0 Å². The van der Waals surface area contributed by atoms with E-state index in [0.717, 1.165) is 38.5 Å². The van der Waals surface area contributed by atoms with Crippen molar-refractivity contribution < 1.29 is 20.1 Å². The standard InChI is InChI=1S/C20H36O4/c1-2-3-4-5-6-7-8-9-10-11-12-13-14-15-16-20(17-21,18-22)19(23)24/h6-7,9-10,21-22H,2-5,8,11-18H2,1H3,(H,23,24). The number of hydrogen-bond acceptors (Lipinski definition) is 3. The van der Waals surface area contributed by atoms with Gasteiger partial charge in [-0.2, -0.15) is 0 Å². The topological polar surface area (TPSA) is 77.8 Å². The molecule has 4 heteroatoms. The van der Waals surface area contributed by atoms with E-state index in [2.05, 4.69) is 31.2 Å². The van der Waals surface area contributed by atoms with Crippen LogP contribution in [0.4, 0.5) is 0 Å². The van der Waals surface area contributed by atoms with Crippen molar-refractivity contribution in [2.45, 2.75) is 77.6 Å². The average molecular weight is 341 g/mol. The van der Waals surface area contributed by atoms with Gasteiger partial charge in [-0.1, -0.05) is 63.3 Å². The lowest BCUT2D eigenvalue weighted by Gasteiger charge is -2.24. The highest BCUT2D eigenvalue weighted by Gasteiger charge is 2.36. The Morgan fingerprint density at radius 3 is 1.88 bits per heavy atom. The van der Waals surface area contributed by atoms with Crippen LogP contribution in [-0.2, 0) is 4.79 Å². The van der Waals surface area contributed by atoms with Gasteiger partial charge in [-0.15, -0.1) is 0 Å². The Balaban J connectivity index is 3.60. The molecule has 0 aliphatic rings. The smallest absolute Gasteiger partial charge is 0.314 e. The van der Waals surface area contributed by atoms with Crippen LogP contribution in [0, 0.1) is 5.41 Å². The van der Waals surface area contributed by atoms with Crippen LogP contribution in [0.2, 0.25) is 0 Å². The fraction of sp³-hybridized carbons (Fsp3) is 0.750. The predicted octanol–water partition coefficient (Wildman–Crippen LogP) is 4.47. The summed E-state index contributed by atoms with van der Waals surface area (Å²) in [5.41, 5.74) is -1.37. The molecule has 4 nitrogen and oxygen atoms in total. The number of aliphatic carboxylic acids is 1. The Hall–Kier alpha value is -1.13. The Labute approximate surface area is 147 Å². The van der Waals surface area contributed by atoms with Crippen LogP contribution in [0.3, 0.4) is 0 Å². The summed E-state index contributed by atoms with van der Waals surface area (Å²) < 4.78 is 0. The molecular formula is C20H36O4. The van der Waals surface area contributed by atoms with Crippen LogP contribution in [0.25, 0.3) is 0 Å². The minimum absolute atomic E-state index is 0.327. The molecule has 0 saturated carbocycles. The minimum atomic E-state index is -1.37. The average Bonchev–Trinajstić information content (AvgIpc) is 2.58. The van der Waals surface area contributed by atoms with Crippen molar-refractivity contribution in [1.82, 2.24) is 0 Å². The van der Waals surface area contributed by atoms with E-state index in [1.165, 1.54) is 25.7 Å². The highest BCUT2D eigenvalue weighted by Crippen LogP contribution is 2.24. The Morgan fingerprint density at radius 1 is 0.833 bits per heavy atom. The van der Waals surface area contributed by atoms with Crippen molar-refractivity contribution in [2.75, 3.05) is 13.2 Å². The first-order chi connectivity index (χ1) is 11.6. The lowest BCUT2D eigenvalue weighted by atomic mass is 9.84. The van der Waals surface area contributed by atoms with Crippen LogP contribution in [0.1, 0.15) is 77.6 Å². The number of allylic oxidation sites excluding steroid dienone is 4. The predicted molar refractivity (Wildman–Crippen MR) is 99.0 cm³/mol. The maximum Gasteiger partial charge on any atom is 0.314 e. The van der Waals surface area contributed by atoms with Crippen LogP contribution in [0.15, 0.2) is 24.3 Å². The third-order valence-corrected chi connectivity index (χ3v) is 4.41. The summed E-state index contributed by atoms with van der Waals surface area (Å²) in [6.07, 6.45) is 20.1. The van der Waals surface area contributed by atoms with Gasteiger partial charge >= 0.3 is 5.97 Å². The molecule has 0 unspecified atom stereocenters. The van der Waals surface area contributed by atoms with E-state index in [1.54, 1.807) is 0 Å². The molecule has 0 bridgehead atoms. The number of rotatable bonds is 16. The van der Waals surface area contributed by atoms with Crippen molar-refractivity contribution in [2.24, 2.45) is 5.41 Å². The van der Waals surface area contributed by atoms with Crippen LogP contribution < -0.4 is 0 Å². The zero-order valence-corrected chi connectivity index (χ0v) is 15.3.